The SMILES string of the molecule is O=CC(CNC1CN(C2CCC3(CC2)OC(=O)Nc2ccccc23)C1)NC(=O)c1cccc(C(F)(F)F)c1. The Morgan fingerprint density at radius 1 is 1.16 bits per heavy atom. The molecule has 1 unspecified atom stereocenters. The van der Waals surface area contributed by atoms with Gasteiger partial charge in [0.05, 0.1) is 17.3 Å². The Hall–Kier alpha value is -3.44. The van der Waals surface area contributed by atoms with E-state index in [-0.39, 0.29) is 18.2 Å². The van der Waals surface area contributed by atoms with Crippen LogP contribution in [0, 0.1) is 0 Å². The summed E-state index contributed by atoms with van der Waals surface area (Å²) in [6.07, 6.45) is -1.14. The first-order chi connectivity index (χ1) is 18.2. The van der Waals surface area contributed by atoms with Crippen molar-refractivity contribution in [3.8, 4) is 0 Å². The molecule has 0 aromatic heterocycles. The van der Waals surface area contributed by atoms with Crippen LogP contribution in [-0.4, -0.2) is 60.9 Å². The van der Waals surface area contributed by atoms with Crippen molar-refractivity contribution in [2.45, 2.75) is 55.6 Å². The van der Waals surface area contributed by atoms with Crippen molar-refractivity contribution in [3.05, 3.63) is 65.2 Å². The third kappa shape index (κ3) is 5.39. The van der Waals surface area contributed by atoms with E-state index in [1.165, 1.54) is 6.07 Å². The number of nitrogens with one attached hydrogen (secondary N) is 3. The number of alkyl halides is 3. The van der Waals surface area contributed by atoms with Crippen LogP contribution in [0.15, 0.2) is 48.5 Å². The quantitative estimate of drug-likeness (QED) is 0.473. The molecule has 1 spiro atoms. The summed E-state index contributed by atoms with van der Waals surface area (Å²) in [4.78, 5) is 38.4. The first kappa shape index (κ1) is 26.2. The van der Waals surface area contributed by atoms with Crippen LogP contribution >= 0.6 is 0 Å². The van der Waals surface area contributed by atoms with Gasteiger partial charge in [-0.25, -0.2) is 4.79 Å². The lowest BCUT2D eigenvalue weighted by Crippen LogP contribution is -2.63. The van der Waals surface area contributed by atoms with Crippen molar-refractivity contribution < 1.29 is 32.3 Å². The second-order valence-corrected chi connectivity index (χ2v) is 10.1. The van der Waals surface area contributed by atoms with Crippen LogP contribution in [-0.2, 0) is 21.3 Å². The third-order valence-electron chi connectivity index (χ3n) is 7.69. The minimum Gasteiger partial charge on any atom is -0.438 e. The Bertz CT molecular complexity index is 1210. The van der Waals surface area contributed by atoms with Gasteiger partial charge in [-0.15, -0.1) is 0 Å². The van der Waals surface area contributed by atoms with Gasteiger partial charge in [0, 0.05) is 42.8 Å². The topological polar surface area (TPSA) is 99.8 Å². The van der Waals surface area contributed by atoms with Crippen LogP contribution in [0.2, 0.25) is 0 Å². The first-order valence-corrected chi connectivity index (χ1v) is 12.7. The van der Waals surface area contributed by atoms with E-state index < -0.39 is 35.4 Å². The largest absolute Gasteiger partial charge is 0.438 e. The van der Waals surface area contributed by atoms with Gasteiger partial charge in [0.15, 0.2) is 0 Å². The Morgan fingerprint density at radius 3 is 2.61 bits per heavy atom. The highest BCUT2D eigenvalue weighted by molar-refractivity contribution is 5.95. The molecular weight excluding hydrogens is 501 g/mol. The zero-order chi connectivity index (χ0) is 26.9. The number of rotatable bonds is 7. The lowest BCUT2D eigenvalue weighted by atomic mass is 9.75. The minimum absolute atomic E-state index is 0.135. The number of carbonyl (C=O) groups is 3. The standard InChI is InChI=1S/C27H29F3N4O4/c28-27(29,30)18-5-3-4-17(12-18)24(36)32-19(16-35)13-31-20-14-34(15-20)21-8-10-26(11-9-21)22-6-1-2-7-23(22)33-25(37)38-26/h1-7,12,16,19-21,31H,8-11,13-15H2,(H,32,36)(H,33,37). The van der Waals surface area contributed by atoms with Gasteiger partial charge >= 0.3 is 12.3 Å². The van der Waals surface area contributed by atoms with Gasteiger partial charge in [0.1, 0.15) is 11.9 Å². The summed E-state index contributed by atoms with van der Waals surface area (Å²) in [5.41, 5.74) is 0.163. The predicted octanol–water partition coefficient (Wildman–Crippen LogP) is 3.68. The summed E-state index contributed by atoms with van der Waals surface area (Å²) in [6.45, 7) is 1.74. The number of aldehydes is 1. The molecule has 5 rings (SSSR count). The highest BCUT2D eigenvalue weighted by Gasteiger charge is 2.46. The molecule has 2 amide bonds. The summed E-state index contributed by atoms with van der Waals surface area (Å²) >= 11 is 0. The molecule has 8 nitrogen and oxygen atoms in total. The average molecular weight is 531 g/mol. The van der Waals surface area contributed by atoms with E-state index in [0.717, 1.165) is 68.2 Å². The van der Waals surface area contributed by atoms with Gasteiger partial charge in [0.25, 0.3) is 5.91 Å². The van der Waals surface area contributed by atoms with Crippen molar-refractivity contribution in [1.29, 1.82) is 0 Å². The molecule has 1 saturated heterocycles. The summed E-state index contributed by atoms with van der Waals surface area (Å²) < 4.78 is 44.6. The molecule has 3 N–H and O–H groups in total. The molecule has 3 aliphatic rings. The Balaban J connectivity index is 1.08. The molecule has 1 saturated carbocycles. The molecule has 0 radical (unpaired) electrons. The van der Waals surface area contributed by atoms with Crippen LogP contribution in [0.25, 0.3) is 0 Å². The lowest BCUT2D eigenvalue weighted by Gasteiger charge is -2.50. The first-order valence-electron chi connectivity index (χ1n) is 12.7. The molecule has 202 valence electrons. The molecule has 1 atom stereocenters. The van der Waals surface area contributed by atoms with Gasteiger partial charge in [0.2, 0.25) is 0 Å². The maximum absolute atomic E-state index is 12.9. The van der Waals surface area contributed by atoms with Gasteiger partial charge in [-0.05, 0) is 49.9 Å². The zero-order valence-corrected chi connectivity index (χ0v) is 20.6. The Morgan fingerprint density at radius 2 is 1.89 bits per heavy atom. The molecule has 0 bridgehead atoms. The number of likely N-dealkylation sites (tertiary alicyclic amines) is 1. The highest BCUT2D eigenvalue weighted by Crippen LogP contribution is 2.47. The molecule has 2 aromatic rings. The van der Waals surface area contributed by atoms with E-state index in [0.29, 0.717) is 12.3 Å². The molecule has 2 aliphatic heterocycles. The molecular formula is C27H29F3N4O4. The van der Waals surface area contributed by atoms with Gasteiger partial charge in [-0.2, -0.15) is 13.2 Å². The molecule has 1 aliphatic carbocycles. The summed E-state index contributed by atoms with van der Waals surface area (Å²) in [7, 11) is 0. The molecule has 38 heavy (non-hydrogen) atoms. The predicted molar refractivity (Wildman–Crippen MR) is 133 cm³/mol. The van der Waals surface area contributed by atoms with Crippen LogP contribution in [0.3, 0.4) is 0 Å². The number of carbonyl (C=O) groups excluding carboxylic acids is 3. The van der Waals surface area contributed by atoms with Crippen molar-refractivity contribution in [2.24, 2.45) is 0 Å². The number of halogens is 3. The smallest absolute Gasteiger partial charge is 0.416 e. The van der Waals surface area contributed by atoms with E-state index >= 15 is 0 Å². The van der Waals surface area contributed by atoms with E-state index in [4.69, 9.17) is 4.74 Å². The van der Waals surface area contributed by atoms with E-state index in [1.54, 1.807) is 0 Å². The number of fused-ring (bicyclic) bond motifs is 2. The van der Waals surface area contributed by atoms with Crippen LogP contribution in [0.1, 0.15) is 47.2 Å². The molecule has 2 fully saturated rings. The fourth-order valence-electron chi connectivity index (χ4n) is 5.62. The fourth-order valence-corrected chi connectivity index (χ4v) is 5.62. The number of ether oxygens (including phenoxy) is 1. The maximum atomic E-state index is 12.9. The number of benzene rings is 2. The number of para-hydroxylation sites is 1. The van der Waals surface area contributed by atoms with Gasteiger partial charge < -0.3 is 20.2 Å². The summed E-state index contributed by atoms with van der Waals surface area (Å²) in [5, 5.41) is 8.52. The second-order valence-electron chi connectivity index (χ2n) is 10.1. The zero-order valence-electron chi connectivity index (χ0n) is 20.6. The fraction of sp³-hybridized carbons (Fsp3) is 0.444. The monoisotopic (exact) mass is 530 g/mol. The number of nitrogens with zero attached hydrogens (tertiary/aromatic N) is 1. The number of amides is 2. The molecule has 2 aromatic carbocycles. The third-order valence-corrected chi connectivity index (χ3v) is 7.69. The van der Waals surface area contributed by atoms with Crippen molar-refractivity contribution in [3.63, 3.8) is 0 Å². The average Bonchev–Trinajstić information content (AvgIpc) is 2.87. The Kier molecular flexibility index (Phi) is 7.15. The summed E-state index contributed by atoms with van der Waals surface area (Å²) in [5.74, 6) is -0.735. The van der Waals surface area contributed by atoms with E-state index in [1.807, 2.05) is 24.3 Å². The molecule has 2 heterocycles. The Labute approximate surface area is 217 Å². The van der Waals surface area contributed by atoms with Crippen LogP contribution in [0.4, 0.5) is 23.7 Å². The van der Waals surface area contributed by atoms with Crippen LogP contribution in [0.5, 0.6) is 0 Å². The van der Waals surface area contributed by atoms with E-state index in [9.17, 15) is 27.6 Å². The van der Waals surface area contributed by atoms with Crippen molar-refractivity contribution in [1.82, 2.24) is 15.5 Å². The maximum Gasteiger partial charge on any atom is 0.416 e. The van der Waals surface area contributed by atoms with Gasteiger partial charge in [-0.3, -0.25) is 15.0 Å². The van der Waals surface area contributed by atoms with Crippen molar-refractivity contribution >= 4 is 24.0 Å². The minimum atomic E-state index is -4.56. The number of anilines is 1. The van der Waals surface area contributed by atoms with Crippen molar-refractivity contribution in [2.75, 3.05) is 25.0 Å². The lowest BCUT2D eigenvalue weighted by molar-refractivity contribution is -0.137. The highest BCUT2D eigenvalue weighted by atomic mass is 19.4. The number of hydrogen-bond donors (Lipinski definition) is 3. The number of hydrogen-bond acceptors (Lipinski definition) is 6. The molecule has 11 heteroatoms. The second kappa shape index (κ2) is 10.4. The van der Waals surface area contributed by atoms with E-state index in [2.05, 4.69) is 20.9 Å². The van der Waals surface area contributed by atoms with Crippen LogP contribution < -0.4 is 16.0 Å². The normalized spacial score (nSPS) is 24.5. The van der Waals surface area contributed by atoms with Gasteiger partial charge in [-0.1, -0.05) is 24.3 Å². The summed E-state index contributed by atoms with van der Waals surface area (Å²) in [6, 6.07) is 11.5.